The van der Waals surface area contributed by atoms with E-state index in [0.29, 0.717) is 17.3 Å². The first-order chi connectivity index (χ1) is 9.06. The minimum absolute atomic E-state index is 0.118. The molecule has 0 amide bonds. The molecule has 0 spiro atoms. The number of carbonyl (C=O) groups excluding carboxylic acids is 1. The predicted octanol–water partition coefficient (Wildman–Crippen LogP) is 2.36. The molecule has 5 nitrogen and oxygen atoms in total. The molecule has 100 valence electrons. The van der Waals surface area contributed by atoms with Gasteiger partial charge in [0.25, 0.3) is 0 Å². The first kappa shape index (κ1) is 14.8. The van der Waals surface area contributed by atoms with Gasteiger partial charge in [-0.3, -0.25) is 4.79 Å². The molecule has 2 aromatic rings. The lowest BCUT2D eigenvalue weighted by atomic mass is 10.3. The van der Waals surface area contributed by atoms with Crippen molar-refractivity contribution >= 4 is 23.7 Å². The molecule has 0 atom stereocenters. The number of rotatable bonds is 2. The van der Waals surface area contributed by atoms with Gasteiger partial charge in [0.15, 0.2) is 6.29 Å². The van der Waals surface area contributed by atoms with Crippen LogP contribution in [0.25, 0.3) is 0 Å². The number of hydrogen-bond donors (Lipinski definition) is 1. The lowest BCUT2D eigenvalue weighted by molar-refractivity contribution is 0.111. The summed E-state index contributed by atoms with van der Waals surface area (Å²) in [5, 5.41) is 0.435. The number of anilines is 1. The topological polar surface area (TPSA) is 78.1 Å². The number of hydrogen-bond acceptors (Lipinski definition) is 5. The highest BCUT2D eigenvalue weighted by Gasteiger charge is 2.03. The molecule has 0 aromatic carbocycles. The Morgan fingerprint density at radius 3 is 2.68 bits per heavy atom. The second-order valence-corrected chi connectivity index (χ2v) is 3.64. The van der Waals surface area contributed by atoms with Gasteiger partial charge in [-0.15, -0.1) is 0 Å². The first-order valence-electron chi connectivity index (χ1n) is 5.09. The molecule has 0 aliphatic heterocycles. The number of pyridine rings is 2. The molecule has 2 N–H and O–H groups in total. The molecule has 0 saturated heterocycles. The number of nitrogen functional groups attached to an aromatic ring is 1. The summed E-state index contributed by atoms with van der Waals surface area (Å²) in [5.41, 5.74) is 5.38. The van der Waals surface area contributed by atoms with Crippen LogP contribution in [-0.4, -0.2) is 23.4 Å². The summed E-state index contributed by atoms with van der Waals surface area (Å²) >= 11 is 5.45. The van der Waals surface area contributed by atoms with E-state index in [1.165, 1.54) is 7.11 Å². The van der Waals surface area contributed by atoms with E-state index in [1.54, 1.807) is 18.2 Å². The van der Waals surface area contributed by atoms with Gasteiger partial charge in [0.2, 0.25) is 5.88 Å². The molecule has 2 aromatic heterocycles. The van der Waals surface area contributed by atoms with Crippen molar-refractivity contribution in [3.63, 3.8) is 0 Å². The van der Waals surface area contributed by atoms with Crippen molar-refractivity contribution in [2.75, 3.05) is 12.8 Å². The van der Waals surface area contributed by atoms with Crippen LogP contribution in [0.4, 0.5) is 10.2 Å². The zero-order chi connectivity index (χ0) is 14.3. The maximum absolute atomic E-state index is 12.4. The van der Waals surface area contributed by atoms with E-state index >= 15 is 0 Å². The van der Waals surface area contributed by atoms with Crippen molar-refractivity contribution in [1.29, 1.82) is 0 Å². The number of nitrogens with two attached hydrogens (primary N) is 1. The number of aldehydes is 1. The molecule has 2 rings (SSSR count). The normalized spacial score (nSPS) is 9.21. The fraction of sp³-hybridized carbons (Fsp3) is 0.0833. The van der Waals surface area contributed by atoms with Gasteiger partial charge >= 0.3 is 0 Å². The fourth-order valence-electron chi connectivity index (χ4n) is 1.12. The molecular formula is C12H11ClFN3O2. The van der Waals surface area contributed by atoms with Crippen molar-refractivity contribution in [2.24, 2.45) is 0 Å². The number of ether oxygens (including phenoxy) is 1. The van der Waals surface area contributed by atoms with Gasteiger partial charge in [0, 0.05) is 0 Å². The van der Waals surface area contributed by atoms with Crippen LogP contribution in [0.1, 0.15) is 10.4 Å². The molecule has 0 saturated carbocycles. The highest BCUT2D eigenvalue weighted by Crippen LogP contribution is 2.12. The Hall–Kier alpha value is -2.21. The zero-order valence-electron chi connectivity index (χ0n) is 10.0. The second-order valence-electron chi connectivity index (χ2n) is 3.26. The molecule has 7 heteroatoms. The van der Waals surface area contributed by atoms with Crippen LogP contribution in [0.15, 0.2) is 30.5 Å². The van der Waals surface area contributed by atoms with E-state index < -0.39 is 5.82 Å². The van der Waals surface area contributed by atoms with Gasteiger partial charge in [-0.1, -0.05) is 17.7 Å². The molecule has 2 heterocycles. The molecule has 0 fully saturated rings. The smallest absolute Gasteiger partial charge is 0.223 e. The third kappa shape index (κ3) is 4.89. The van der Waals surface area contributed by atoms with E-state index in [0.717, 1.165) is 12.3 Å². The van der Waals surface area contributed by atoms with E-state index in [1.807, 2.05) is 0 Å². The van der Waals surface area contributed by atoms with E-state index in [2.05, 4.69) is 14.7 Å². The minimum Gasteiger partial charge on any atom is -0.480 e. The molecule has 0 bridgehead atoms. The van der Waals surface area contributed by atoms with Gasteiger partial charge in [-0.2, -0.15) is 0 Å². The summed E-state index contributed by atoms with van der Waals surface area (Å²) in [6.45, 7) is 0. The van der Waals surface area contributed by atoms with Crippen LogP contribution in [0.5, 0.6) is 5.88 Å². The quantitative estimate of drug-likeness (QED) is 0.676. The number of halogens is 2. The Balaban J connectivity index is 0.000000200. The third-order valence-electron chi connectivity index (χ3n) is 1.90. The lowest BCUT2D eigenvalue weighted by Crippen LogP contribution is -1.94. The minimum atomic E-state index is -0.548. The molecule has 0 aliphatic rings. The van der Waals surface area contributed by atoms with Crippen molar-refractivity contribution in [3.05, 3.63) is 47.0 Å². The van der Waals surface area contributed by atoms with Crippen molar-refractivity contribution < 1.29 is 13.9 Å². The largest absolute Gasteiger partial charge is 0.480 e. The molecule has 0 aliphatic carbocycles. The summed E-state index contributed by atoms with van der Waals surface area (Å²) in [6.07, 6.45) is 1.49. The average Bonchev–Trinajstić information content (AvgIpc) is 2.39. The Kier molecular flexibility index (Phi) is 5.69. The zero-order valence-corrected chi connectivity index (χ0v) is 10.8. The van der Waals surface area contributed by atoms with Gasteiger partial charge in [-0.05, 0) is 18.2 Å². The molecule has 0 unspecified atom stereocenters. The maximum atomic E-state index is 12.4. The van der Waals surface area contributed by atoms with Crippen LogP contribution in [-0.2, 0) is 0 Å². The van der Waals surface area contributed by atoms with Crippen LogP contribution >= 0.6 is 11.6 Å². The summed E-state index contributed by atoms with van der Waals surface area (Å²) in [4.78, 5) is 17.5. The summed E-state index contributed by atoms with van der Waals surface area (Å²) in [7, 11) is 1.37. The van der Waals surface area contributed by atoms with E-state index in [-0.39, 0.29) is 11.4 Å². The van der Waals surface area contributed by atoms with Gasteiger partial charge < -0.3 is 10.5 Å². The number of nitrogens with zero attached hydrogens (tertiary/aromatic N) is 2. The Morgan fingerprint density at radius 1 is 1.47 bits per heavy atom. The molecule has 0 radical (unpaired) electrons. The van der Waals surface area contributed by atoms with Crippen molar-refractivity contribution in [3.8, 4) is 5.88 Å². The highest BCUT2D eigenvalue weighted by molar-refractivity contribution is 6.29. The highest BCUT2D eigenvalue weighted by atomic mass is 35.5. The van der Waals surface area contributed by atoms with Gasteiger partial charge in [0.1, 0.15) is 16.8 Å². The lowest BCUT2D eigenvalue weighted by Gasteiger charge is -1.99. The molecule has 19 heavy (non-hydrogen) atoms. The Labute approximate surface area is 114 Å². The summed E-state index contributed by atoms with van der Waals surface area (Å²) < 4.78 is 17.1. The first-order valence-corrected chi connectivity index (χ1v) is 5.47. The number of methoxy groups -OCH3 is 1. The Bertz CT molecular complexity index is 549. The van der Waals surface area contributed by atoms with Gasteiger partial charge in [0.05, 0.1) is 18.9 Å². The standard InChI is InChI=1S/C7H6FNO2.C5H5ClN2/c1-11-7-5(4-10)2-6(8)3-9-7;6-4-2-1-3-5(7)8-4/h2-4H,1H3;1-3H,(H2,7,8). The average molecular weight is 284 g/mol. The van der Waals surface area contributed by atoms with Crippen LogP contribution < -0.4 is 10.5 Å². The number of aromatic nitrogens is 2. The van der Waals surface area contributed by atoms with Crippen LogP contribution in [0, 0.1) is 5.82 Å². The van der Waals surface area contributed by atoms with Crippen LogP contribution in [0.2, 0.25) is 5.15 Å². The fourth-order valence-corrected chi connectivity index (χ4v) is 1.29. The summed E-state index contributed by atoms with van der Waals surface area (Å²) in [6, 6.07) is 6.19. The van der Waals surface area contributed by atoms with Gasteiger partial charge in [-0.25, -0.2) is 14.4 Å². The SMILES string of the molecule is COc1ncc(F)cc1C=O.Nc1cccc(Cl)n1. The Morgan fingerprint density at radius 2 is 2.21 bits per heavy atom. The van der Waals surface area contributed by atoms with E-state index in [4.69, 9.17) is 17.3 Å². The predicted molar refractivity (Wildman–Crippen MR) is 69.8 cm³/mol. The van der Waals surface area contributed by atoms with Crippen molar-refractivity contribution in [2.45, 2.75) is 0 Å². The third-order valence-corrected chi connectivity index (χ3v) is 2.11. The van der Waals surface area contributed by atoms with Crippen molar-refractivity contribution in [1.82, 2.24) is 9.97 Å². The van der Waals surface area contributed by atoms with E-state index in [9.17, 15) is 9.18 Å². The monoisotopic (exact) mass is 283 g/mol. The second kappa shape index (κ2) is 7.27. The number of carbonyl (C=O) groups is 1. The summed E-state index contributed by atoms with van der Waals surface area (Å²) in [5.74, 6) is 0.0480. The van der Waals surface area contributed by atoms with Crippen LogP contribution in [0.3, 0.4) is 0 Å². The maximum Gasteiger partial charge on any atom is 0.223 e. The molecular weight excluding hydrogens is 273 g/mol.